The third-order valence-corrected chi connectivity index (χ3v) is 5.07. The van der Waals surface area contributed by atoms with Gasteiger partial charge >= 0.3 is 0 Å². The summed E-state index contributed by atoms with van der Waals surface area (Å²) in [5.74, 6) is 1.47. The molecule has 22 heavy (non-hydrogen) atoms. The number of halogens is 1. The van der Waals surface area contributed by atoms with Crippen LogP contribution in [0.15, 0.2) is 29.8 Å². The predicted molar refractivity (Wildman–Crippen MR) is 93.9 cm³/mol. The lowest BCUT2D eigenvalue weighted by Gasteiger charge is -2.26. The smallest absolute Gasteiger partial charge is 0.132 e. The number of nitrogens with zero attached hydrogens (tertiary/aromatic N) is 2. The number of nitrogens with one attached hydrogen (secondary N) is 2. The molecule has 116 valence electrons. The number of thiophene rings is 1. The molecule has 6 heteroatoms. The molecule has 1 aliphatic rings. The van der Waals surface area contributed by atoms with E-state index in [1.165, 1.54) is 4.88 Å². The quantitative estimate of drug-likeness (QED) is 0.745. The van der Waals surface area contributed by atoms with Gasteiger partial charge in [0.05, 0.1) is 27.8 Å². The Kier molecular flexibility index (Phi) is 4.47. The largest absolute Gasteiger partial charge is 0.351 e. The molecule has 0 radical (unpaired) electrons. The van der Waals surface area contributed by atoms with Gasteiger partial charge in [-0.15, -0.1) is 23.7 Å². The standard InChI is InChI=1S/C16H18N4S.ClH/c1-10-7-11(4-5-17-10)16-18-9-14-12(20-16)8-13(19-14)15-3-2-6-21-15;/h2-3,6,8-11,17,19H,4-5,7H2,1H3;1H. The molecular weight excluding hydrogens is 316 g/mol. The molecule has 0 aromatic carbocycles. The minimum Gasteiger partial charge on any atom is -0.351 e. The van der Waals surface area contributed by atoms with Crippen molar-refractivity contribution in [1.82, 2.24) is 20.3 Å². The third-order valence-electron chi connectivity index (χ3n) is 4.16. The SMILES string of the molecule is CC1CC(c2ncc3[nH]c(-c4cccs4)cc3n2)CCN1.Cl. The molecule has 3 aromatic rings. The average Bonchev–Trinajstić information content (AvgIpc) is 3.15. The van der Waals surface area contributed by atoms with E-state index in [9.17, 15) is 0 Å². The van der Waals surface area contributed by atoms with Gasteiger partial charge in [0.2, 0.25) is 0 Å². The van der Waals surface area contributed by atoms with E-state index in [0.717, 1.165) is 41.9 Å². The maximum atomic E-state index is 4.80. The van der Waals surface area contributed by atoms with Crippen LogP contribution in [0.4, 0.5) is 0 Å². The van der Waals surface area contributed by atoms with E-state index >= 15 is 0 Å². The summed E-state index contributed by atoms with van der Waals surface area (Å²) < 4.78 is 0. The van der Waals surface area contributed by atoms with Gasteiger partial charge in [-0.2, -0.15) is 0 Å². The van der Waals surface area contributed by atoms with Crippen LogP contribution in [-0.2, 0) is 0 Å². The lowest BCUT2D eigenvalue weighted by molar-refractivity contribution is 0.371. The highest BCUT2D eigenvalue weighted by atomic mass is 35.5. The van der Waals surface area contributed by atoms with Crippen LogP contribution in [0.1, 0.15) is 31.5 Å². The summed E-state index contributed by atoms with van der Waals surface area (Å²) in [6.07, 6.45) is 4.17. The predicted octanol–water partition coefficient (Wildman–Crippen LogP) is 3.96. The van der Waals surface area contributed by atoms with Crippen LogP contribution in [0.2, 0.25) is 0 Å². The zero-order valence-corrected chi connectivity index (χ0v) is 14.0. The first-order valence-corrected chi connectivity index (χ1v) is 8.30. The van der Waals surface area contributed by atoms with E-state index in [1.807, 2.05) is 6.20 Å². The minimum atomic E-state index is 0. The fraction of sp³-hybridized carbons (Fsp3) is 0.375. The third kappa shape index (κ3) is 2.89. The van der Waals surface area contributed by atoms with Gasteiger partial charge in [0, 0.05) is 12.0 Å². The number of piperidine rings is 1. The molecule has 1 fully saturated rings. The topological polar surface area (TPSA) is 53.6 Å². The van der Waals surface area contributed by atoms with Crippen LogP contribution in [0.3, 0.4) is 0 Å². The van der Waals surface area contributed by atoms with Gasteiger partial charge in [0.15, 0.2) is 0 Å². The number of aromatic amines is 1. The second-order valence-electron chi connectivity index (χ2n) is 5.76. The number of aromatic nitrogens is 3. The summed E-state index contributed by atoms with van der Waals surface area (Å²) in [4.78, 5) is 14.0. The summed E-state index contributed by atoms with van der Waals surface area (Å²) >= 11 is 1.74. The van der Waals surface area contributed by atoms with E-state index < -0.39 is 0 Å². The van der Waals surface area contributed by atoms with Gasteiger partial charge in [-0.25, -0.2) is 9.97 Å². The number of hydrogen-bond acceptors (Lipinski definition) is 4. The van der Waals surface area contributed by atoms with Crippen molar-refractivity contribution in [2.45, 2.75) is 31.7 Å². The first-order chi connectivity index (χ1) is 10.3. The van der Waals surface area contributed by atoms with Crippen molar-refractivity contribution in [3.05, 3.63) is 35.6 Å². The number of rotatable bonds is 2. The first kappa shape index (κ1) is 15.5. The van der Waals surface area contributed by atoms with Gasteiger partial charge in [-0.05, 0) is 43.8 Å². The second kappa shape index (κ2) is 6.36. The van der Waals surface area contributed by atoms with E-state index in [2.05, 4.69) is 45.8 Å². The lowest BCUT2D eigenvalue weighted by atomic mass is 9.92. The first-order valence-electron chi connectivity index (χ1n) is 7.42. The summed E-state index contributed by atoms with van der Waals surface area (Å²) in [5.41, 5.74) is 3.17. The van der Waals surface area contributed by atoms with Crippen molar-refractivity contribution >= 4 is 34.8 Å². The van der Waals surface area contributed by atoms with Crippen molar-refractivity contribution in [1.29, 1.82) is 0 Å². The minimum absolute atomic E-state index is 0. The van der Waals surface area contributed by atoms with Gasteiger partial charge in [-0.3, -0.25) is 0 Å². The molecule has 1 saturated heterocycles. The van der Waals surface area contributed by atoms with E-state index in [-0.39, 0.29) is 12.4 Å². The molecule has 4 nitrogen and oxygen atoms in total. The summed E-state index contributed by atoms with van der Waals surface area (Å²) in [6.45, 7) is 3.29. The highest BCUT2D eigenvalue weighted by molar-refractivity contribution is 7.13. The number of H-pyrrole nitrogens is 1. The Morgan fingerprint density at radius 1 is 1.36 bits per heavy atom. The van der Waals surface area contributed by atoms with Crippen molar-refractivity contribution < 1.29 is 0 Å². The zero-order chi connectivity index (χ0) is 14.2. The molecule has 2 atom stereocenters. The van der Waals surface area contributed by atoms with Crippen LogP contribution in [0.25, 0.3) is 21.6 Å². The Hall–Kier alpha value is -1.43. The highest BCUT2D eigenvalue weighted by Crippen LogP contribution is 2.29. The van der Waals surface area contributed by atoms with Crippen LogP contribution in [-0.4, -0.2) is 27.5 Å². The van der Waals surface area contributed by atoms with Gasteiger partial charge in [0.25, 0.3) is 0 Å². The normalized spacial score (nSPS) is 21.7. The molecule has 0 spiro atoms. The van der Waals surface area contributed by atoms with Crippen molar-refractivity contribution in [2.24, 2.45) is 0 Å². The van der Waals surface area contributed by atoms with Crippen molar-refractivity contribution in [2.75, 3.05) is 6.54 Å². The summed E-state index contributed by atoms with van der Waals surface area (Å²) in [5, 5.41) is 5.57. The Labute approximate surface area is 139 Å². The van der Waals surface area contributed by atoms with Crippen molar-refractivity contribution in [3.8, 4) is 10.6 Å². The molecule has 4 rings (SSSR count). The van der Waals surface area contributed by atoms with Crippen molar-refractivity contribution in [3.63, 3.8) is 0 Å². The Morgan fingerprint density at radius 3 is 3.05 bits per heavy atom. The maximum absolute atomic E-state index is 4.80. The monoisotopic (exact) mass is 334 g/mol. The van der Waals surface area contributed by atoms with E-state index in [1.54, 1.807) is 11.3 Å². The molecule has 4 heterocycles. The number of hydrogen-bond donors (Lipinski definition) is 2. The average molecular weight is 335 g/mol. The molecule has 0 saturated carbocycles. The summed E-state index contributed by atoms with van der Waals surface area (Å²) in [6, 6.07) is 6.88. The fourth-order valence-electron chi connectivity index (χ4n) is 3.06. The highest BCUT2D eigenvalue weighted by Gasteiger charge is 2.22. The number of fused-ring (bicyclic) bond motifs is 1. The van der Waals surface area contributed by atoms with Crippen LogP contribution in [0.5, 0.6) is 0 Å². The van der Waals surface area contributed by atoms with Crippen LogP contribution in [0, 0.1) is 0 Å². The molecule has 1 aliphatic heterocycles. The maximum Gasteiger partial charge on any atom is 0.132 e. The molecule has 3 aromatic heterocycles. The van der Waals surface area contributed by atoms with Crippen LogP contribution >= 0.6 is 23.7 Å². The van der Waals surface area contributed by atoms with Gasteiger partial charge < -0.3 is 10.3 Å². The summed E-state index contributed by atoms with van der Waals surface area (Å²) in [7, 11) is 0. The molecular formula is C16H19ClN4S. The Bertz CT molecular complexity index is 753. The van der Waals surface area contributed by atoms with E-state index in [0.29, 0.717) is 12.0 Å². The lowest BCUT2D eigenvalue weighted by Crippen LogP contribution is -2.35. The van der Waals surface area contributed by atoms with Crippen LogP contribution < -0.4 is 5.32 Å². The Balaban J connectivity index is 0.00000144. The molecule has 0 amide bonds. The second-order valence-corrected chi connectivity index (χ2v) is 6.71. The Morgan fingerprint density at radius 2 is 2.27 bits per heavy atom. The molecule has 0 aliphatic carbocycles. The molecule has 0 bridgehead atoms. The fourth-order valence-corrected chi connectivity index (χ4v) is 3.76. The zero-order valence-electron chi connectivity index (χ0n) is 12.4. The van der Waals surface area contributed by atoms with Gasteiger partial charge in [0.1, 0.15) is 5.82 Å². The van der Waals surface area contributed by atoms with Gasteiger partial charge in [-0.1, -0.05) is 6.07 Å². The molecule has 2 N–H and O–H groups in total. The van der Waals surface area contributed by atoms with E-state index in [4.69, 9.17) is 4.98 Å². The molecule has 2 unspecified atom stereocenters.